The van der Waals surface area contributed by atoms with Gasteiger partial charge in [-0.3, -0.25) is 19.3 Å². The molecule has 1 fully saturated rings. The van der Waals surface area contributed by atoms with Crippen molar-refractivity contribution in [3.63, 3.8) is 0 Å². The molecule has 0 atom stereocenters. The number of nitrogens with one attached hydrogen (secondary N) is 1. The van der Waals surface area contributed by atoms with Gasteiger partial charge in [0.25, 0.3) is 11.1 Å². The number of benzene rings is 2. The molecule has 7 heteroatoms. The molecule has 1 aliphatic heterocycles. The molecule has 1 aliphatic rings. The van der Waals surface area contributed by atoms with Gasteiger partial charge in [0.1, 0.15) is 0 Å². The van der Waals surface area contributed by atoms with Crippen LogP contribution in [-0.2, 0) is 9.59 Å². The van der Waals surface area contributed by atoms with Gasteiger partial charge in [-0.15, -0.1) is 11.8 Å². The van der Waals surface area contributed by atoms with Crippen molar-refractivity contribution in [1.82, 2.24) is 10.2 Å². The zero-order valence-corrected chi connectivity index (χ0v) is 18.4. The van der Waals surface area contributed by atoms with Crippen molar-refractivity contribution in [2.75, 3.05) is 18.8 Å². The molecule has 1 saturated heterocycles. The number of rotatable bonds is 9. The lowest BCUT2D eigenvalue weighted by molar-refractivity contribution is -0.124. The third kappa shape index (κ3) is 6.50. The highest BCUT2D eigenvalue weighted by Crippen LogP contribution is 2.31. The standard InChI is InChI=1S/C23H24N2O3S2/c1-17-9-11-18(12-10-17)16-20-22(27)25(23(28)30-20)14-13-24-21(26)8-5-15-29-19-6-3-2-4-7-19/h2-4,6-7,9-12,16H,5,8,13-15H2,1H3,(H,24,26). The quantitative estimate of drug-likeness (QED) is 0.347. The topological polar surface area (TPSA) is 66.5 Å². The van der Waals surface area contributed by atoms with Crippen molar-refractivity contribution in [3.05, 3.63) is 70.6 Å². The van der Waals surface area contributed by atoms with E-state index in [4.69, 9.17) is 0 Å². The van der Waals surface area contributed by atoms with Gasteiger partial charge >= 0.3 is 0 Å². The molecule has 0 aromatic heterocycles. The molecular formula is C23H24N2O3S2. The summed E-state index contributed by atoms with van der Waals surface area (Å²) in [5.74, 6) is 0.495. The van der Waals surface area contributed by atoms with Crippen molar-refractivity contribution in [2.24, 2.45) is 0 Å². The van der Waals surface area contributed by atoms with Gasteiger partial charge in [0.05, 0.1) is 4.91 Å². The molecule has 156 valence electrons. The minimum Gasteiger partial charge on any atom is -0.354 e. The van der Waals surface area contributed by atoms with Crippen molar-refractivity contribution in [2.45, 2.75) is 24.7 Å². The maximum atomic E-state index is 12.5. The smallest absolute Gasteiger partial charge is 0.293 e. The largest absolute Gasteiger partial charge is 0.354 e. The van der Waals surface area contributed by atoms with Crippen molar-refractivity contribution in [3.8, 4) is 0 Å². The summed E-state index contributed by atoms with van der Waals surface area (Å²) in [6, 6.07) is 17.8. The molecule has 0 spiro atoms. The minimum absolute atomic E-state index is 0.0640. The maximum Gasteiger partial charge on any atom is 0.293 e. The zero-order chi connectivity index (χ0) is 21.3. The predicted octanol–water partition coefficient (Wildman–Crippen LogP) is 4.72. The molecule has 2 aromatic rings. The van der Waals surface area contributed by atoms with Gasteiger partial charge in [-0.2, -0.15) is 0 Å². The molecule has 0 saturated carbocycles. The second-order valence-electron chi connectivity index (χ2n) is 6.86. The molecule has 2 aromatic carbocycles. The molecule has 30 heavy (non-hydrogen) atoms. The van der Waals surface area contributed by atoms with E-state index < -0.39 is 0 Å². The van der Waals surface area contributed by atoms with Crippen LogP contribution in [0.15, 0.2) is 64.4 Å². The number of amides is 3. The fourth-order valence-corrected chi connectivity index (χ4v) is 4.58. The van der Waals surface area contributed by atoms with Gasteiger partial charge in [-0.25, -0.2) is 0 Å². The summed E-state index contributed by atoms with van der Waals surface area (Å²) in [5, 5.41) is 2.50. The van der Waals surface area contributed by atoms with Crippen LogP contribution in [0, 0.1) is 6.92 Å². The Labute approximate surface area is 185 Å². The van der Waals surface area contributed by atoms with E-state index in [1.54, 1.807) is 17.8 Å². The Morgan fingerprint density at radius 1 is 1.10 bits per heavy atom. The van der Waals surface area contributed by atoms with Crippen molar-refractivity contribution in [1.29, 1.82) is 0 Å². The van der Waals surface area contributed by atoms with E-state index >= 15 is 0 Å². The summed E-state index contributed by atoms with van der Waals surface area (Å²) >= 11 is 2.66. The Morgan fingerprint density at radius 3 is 2.57 bits per heavy atom. The monoisotopic (exact) mass is 440 g/mol. The van der Waals surface area contributed by atoms with E-state index in [2.05, 4.69) is 5.32 Å². The SMILES string of the molecule is Cc1ccc(C=C2SC(=O)N(CCNC(=O)CCCSc3ccccc3)C2=O)cc1. The molecule has 3 amide bonds. The highest BCUT2D eigenvalue weighted by atomic mass is 32.2. The van der Waals surface area contributed by atoms with Crippen LogP contribution in [0.5, 0.6) is 0 Å². The zero-order valence-electron chi connectivity index (χ0n) is 16.8. The van der Waals surface area contributed by atoms with Crippen molar-refractivity contribution < 1.29 is 14.4 Å². The predicted molar refractivity (Wildman–Crippen MR) is 123 cm³/mol. The first-order valence-corrected chi connectivity index (χ1v) is 11.6. The minimum atomic E-state index is -0.306. The summed E-state index contributed by atoms with van der Waals surface area (Å²) < 4.78 is 0. The third-order valence-electron chi connectivity index (χ3n) is 4.47. The highest BCUT2D eigenvalue weighted by Gasteiger charge is 2.34. The Kier molecular flexibility index (Phi) is 8.16. The number of aryl methyl sites for hydroxylation is 1. The third-order valence-corrected chi connectivity index (χ3v) is 6.47. The molecule has 1 N–H and O–H groups in total. The molecule has 1 heterocycles. The molecule has 0 unspecified atom stereocenters. The van der Waals surface area contributed by atoms with E-state index in [-0.39, 0.29) is 30.1 Å². The summed E-state index contributed by atoms with van der Waals surface area (Å²) in [7, 11) is 0. The van der Waals surface area contributed by atoms with Crippen LogP contribution in [0.25, 0.3) is 6.08 Å². The molecular weight excluding hydrogens is 416 g/mol. The Balaban J connectivity index is 1.38. The first-order valence-electron chi connectivity index (χ1n) is 9.79. The lowest BCUT2D eigenvalue weighted by Gasteiger charge is -2.13. The van der Waals surface area contributed by atoms with E-state index in [1.165, 1.54) is 9.80 Å². The Hall–Kier alpha value is -2.51. The van der Waals surface area contributed by atoms with Gasteiger partial charge in [0, 0.05) is 24.4 Å². The average Bonchev–Trinajstić information content (AvgIpc) is 3.01. The van der Waals surface area contributed by atoms with Gasteiger partial charge < -0.3 is 5.32 Å². The number of thioether (sulfide) groups is 2. The Bertz CT molecular complexity index is 927. The number of imide groups is 1. The van der Waals surface area contributed by atoms with E-state index in [1.807, 2.05) is 61.5 Å². The van der Waals surface area contributed by atoms with Gasteiger partial charge in [0.15, 0.2) is 0 Å². The summed E-state index contributed by atoms with van der Waals surface area (Å²) in [6.45, 7) is 2.44. The van der Waals surface area contributed by atoms with Crippen LogP contribution in [0.4, 0.5) is 4.79 Å². The van der Waals surface area contributed by atoms with Crippen molar-refractivity contribution >= 4 is 46.7 Å². The van der Waals surface area contributed by atoms with Gasteiger partial charge in [-0.1, -0.05) is 48.0 Å². The molecule has 5 nitrogen and oxygen atoms in total. The summed E-state index contributed by atoms with van der Waals surface area (Å²) in [4.78, 5) is 39.5. The Morgan fingerprint density at radius 2 is 1.83 bits per heavy atom. The fourth-order valence-electron chi connectivity index (χ4n) is 2.84. The van der Waals surface area contributed by atoms with Crippen LogP contribution >= 0.6 is 23.5 Å². The number of nitrogens with zero attached hydrogens (tertiary/aromatic N) is 1. The molecule has 0 bridgehead atoms. The number of hydrogen-bond donors (Lipinski definition) is 1. The second-order valence-corrected chi connectivity index (χ2v) is 9.02. The number of carbonyl (C=O) groups is 3. The molecule has 0 aliphatic carbocycles. The van der Waals surface area contributed by atoms with E-state index in [0.29, 0.717) is 11.3 Å². The first kappa shape index (κ1) is 22.2. The highest BCUT2D eigenvalue weighted by molar-refractivity contribution is 8.18. The van der Waals surface area contributed by atoms with Crippen LogP contribution in [0.2, 0.25) is 0 Å². The number of carbonyl (C=O) groups excluding carboxylic acids is 3. The average molecular weight is 441 g/mol. The van der Waals surface area contributed by atoms with Crippen LogP contribution < -0.4 is 5.32 Å². The lowest BCUT2D eigenvalue weighted by Crippen LogP contribution is -2.37. The maximum absolute atomic E-state index is 12.5. The fraction of sp³-hybridized carbons (Fsp3) is 0.261. The van der Waals surface area contributed by atoms with Crippen LogP contribution in [0.3, 0.4) is 0 Å². The summed E-state index contributed by atoms with van der Waals surface area (Å²) in [6.07, 6.45) is 2.93. The first-order chi connectivity index (χ1) is 14.5. The normalized spacial score (nSPS) is 15.1. The van der Waals surface area contributed by atoms with Crippen LogP contribution in [0.1, 0.15) is 24.0 Å². The molecule has 3 rings (SSSR count). The van der Waals surface area contributed by atoms with Gasteiger partial charge in [0.2, 0.25) is 5.91 Å². The summed E-state index contributed by atoms with van der Waals surface area (Å²) in [5.41, 5.74) is 2.02. The van der Waals surface area contributed by atoms with E-state index in [0.717, 1.165) is 35.1 Å². The second kappa shape index (κ2) is 11.0. The van der Waals surface area contributed by atoms with Crippen LogP contribution in [-0.4, -0.2) is 40.8 Å². The van der Waals surface area contributed by atoms with Gasteiger partial charge in [-0.05, 0) is 54.6 Å². The number of hydrogen-bond acceptors (Lipinski definition) is 5. The van der Waals surface area contributed by atoms with E-state index in [9.17, 15) is 14.4 Å². The molecule has 0 radical (unpaired) electrons. The lowest BCUT2D eigenvalue weighted by atomic mass is 10.1.